The molecule has 0 saturated carbocycles. The van der Waals surface area contributed by atoms with Crippen molar-refractivity contribution in [1.82, 2.24) is 4.90 Å². The zero-order chi connectivity index (χ0) is 15.7. The minimum absolute atomic E-state index is 0.0396. The first-order chi connectivity index (χ1) is 10.6. The van der Waals surface area contributed by atoms with Gasteiger partial charge in [-0.05, 0) is 36.4 Å². The lowest BCUT2D eigenvalue weighted by atomic mass is 10.1. The van der Waals surface area contributed by atoms with Crippen molar-refractivity contribution in [2.75, 3.05) is 6.54 Å². The number of carbonyl (C=O) groups excluding carboxylic acids is 1. The van der Waals surface area contributed by atoms with Crippen molar-refractivity contribution >= 4 is 34.5 Å². The van der Waals surface area contributed by atoms with Crippen molar-refractivity contribution in [3.8, 4) is 0 Å². The van der Waals surface area contributed by atoms with E-state index >= 15 is 0 Å². The van der Waals surface area contributed by atoms with Crippen molar-refractivity contribution in [3.63, 3.8) is 0 Å². The van der Waals surface area contributed by atoms with E-state index in [0.29, 0.717) is 12.1 Å². The molecule has 22 heavy (non-hydrogen) atoms. The zero-order valence-electron chi connectivity index (χ0n) is 11.6. The molecule has 0 aliphatic carbocycles. The Morgan fingerprint density at radius 1 is 1.41 bits per heavy atom. The van der Waals surface area contributed by atoms with Crippen molar-refractivity contribution in [2.24, 2.45) is 0 Å². The topological polar surface area (TPSA) is 63.4 Å². The Morgan fingerprint density at radius 3 is 2.91 bits per heavy atom. The van der Waals surface area contributed by atoms with Crippen LogP contribution in [0.25, 0.3) is 0 Å². The van der Waals surface area contributed by atoms with Crippen LogP contribution in [0.4, 0.5) is 5.69 Å². The van der Waals surface area contributed by atoms with Crippen LogP contribution in [0, 0.1) is 10.1 Å². The second-order valence-electron chi connectivity index (χ2n) is 5.10. The van der Waals surface area contributed by atoms with Gasteiger partial charge in [0.25, 0.3) is 11.6 Å². The number of hydrogen-bond donors (Lipinski definition) is 0. The molecule has 1 saturated heterocycles. The molecule has 1 aliphatic heterocycles. The minimum Gasteiger partial charge on any atom is -0.331 e. The number of nitrogens with zero attached hydrogens (tertiary/aromatic N) is 2. The molecule has 114 valence electrons. The van der Waals surface area contributed by atoms with Gasteiger partial charge in [0, 0.05) is 23.1 Å². The molecule has 1 aromatic heterocycles. The zero-order valence-corrected chi connectivity index (χ0v) is 13.1. The molecule has 1 fully saturated rings. The third-order valence-corrected chi connectivity index (χ3v) is 5.07. The first-order valence-corrected chi connectivity index (χ1v) is 8.12. The molecule has 7 heteroatoms. The van der Waals surface area contributed by atoms with E-state index in [1.807, 2.05) is 17.5 Å². The van der Waals surface area contributed by atoms with Crippen LogP contribution in [0.5, 0.6) is 0 Å². The molecular weight excluding hydrogens is 324 g/mol. The fourth-order valence-electron chi connectivity index (χ4n) is 2.74. The Bertz CT molecular complexity index is 718. The van der Waals surface area contributed by atoms with Crippen molar-refractivity contribution in [2.45, 2.75) is 18.9 Å². The number of thiophene rings is 1. The highest BCUT2D eigenvalue weighted by Gasteiger charge is 2.32. The molecule has 0 N–H and O–H groups in total. The van der Waals surface area contributed by atoms with Crippen LogP contribution in [0.2, 0.25) is 5.02 Å². The summed E-state index contributed by atoms with van der Waals surface area (Å²) in [6, 6.07) is 8.25. The third kappa shape index (κ3) is 2.71. The monoisotopic (exact) mass is 336 g/mol. The summed E-state index contributed by atoms with van der Waals surface area (Å²) in [5.74, 6) is -0.185. The van der Waals surface area contributed by atoms with Crippen LogP contribution in [0.15, 0.2) is 35.7 Å². The normalized spacial score (nSPS) is 17.7. The average Bonchev–Trinajstić information content (AvgIpc) is 3.17. The maximum Gasteiger partial charge on any atom is 0.288 e. The highest BCUT2D eigenvalue weighted by Crippen LogP contribution is 2.36. The van der Waals surface area contributed by atoms with E-state index in [-0.39, 0.29) is 22.7 Å². The maximum atomic E-state index is 12.7. The predicted molar refractivity (Wildman–Crippen MR) is 85.4 cm³/mol. The number of amides is 1. The number of halogens is 1. The summed E-state index contributed by atoms with van der Waals surface area (Å²) < 4.78 is 0. The van der Waals surface area contributed by atoms with Gasteiger partial charge in [-0.1, -0.05) is 17.7 Å². The van der Waals surface area contributed by atoms with Gasteiger partial charge >= 0.3 is 0 Å². The van der Waals surface area contributed by atoms with Crippen LogP contribution in [-0.4, -0.2) is 22.3 Å². The van der Waals surface area contributed by atoms with E-state index in [1.165, 1.54) is 12.1 Å². The summed E-state index contributed by atoms with van der Waals surface area (Å²) >= 11 is 7.42. The van der Waals surface area contributed by atoms with E-state index in [9.17, 15) is 14.9 Å². The first kappa shape index (κ1) is 15.0. The standard InChI is InChI=1S/C15H13ClN2O3S/c16-11-6-5-10(9-13(11)18(20)21)15(19)17-7-1-3-12(17)14-4-2-8-22-14/h2,4-6,8-9,12H,1,3,7H2/t12-/m0/s1. The van der Waals surface area contributed by atoms with Crippen molar-refractivity contribution in [3.05, 3.63) is 61.3 Å². The molecule has 5 nitrogen and oxygen atoms in total. The fraction of sp³-hybridized carbons (Fsp3) is 0.267. The summed E-state index contributed by atoms with van der Waals surface area (Å²) in [5, 5.41) is 13.0. The lowest BCUT2D eigenvalue weighted by molar-refractivity contribution is -0.384. The number of carbonyl (C=O) groups is 1. The van der Waals surface area contributed by atoms with Gasteiger partial charge in [-0.25, -0.2) is 0 Å². The van der Waals surface area contributed by atoms with Gasteiger partial charge in [0.05, 0.1) is 11.0 Å². The lowest BCUT2D eigenvalue weighted by Crippen LogP contribution is -2.30. The SMILES string of the molecule is O=C(c1ccc(Cl)c([N+](=O)[O-])c1)N1CCC[C@H]1c1cccs1. The molecular formula is C15H13ClN2O3S. The Kier molecular flexibility index (Phi) is 4.13. The molecule has 1 aromatic carbocycles. The van der Waals surface area contributed by atoms with E-state index in [0.717, 1.165) is 17.7 Å². The van der Waals surface area contributed by atoms with Crippen LogP contribution >= 0.6 is 22.9 Å². The summed E-state index contributed by atoms with van der Waals surface area (Å²) in [6.45, 7) is 0.665. The van der Waals surface area contributed by atoms with Gasteiger partial charge < -0.3 is 4.90 Å². The summed E-state index contributed by atoms with van der Waals surface area (Å²) in [6.07, 6.45) is 1.85. The molecule has 2 aromatic rings. The van der Waals surface area contributed by atoms with Gasteiger partial charge in [0.2, 0.25) is 0 Å². The smallest absolute Gasteiger partial charge is 0.288 e. The van der Waals surface area contributed by atoms with Crippen LogP contribution in [-0.2, 0) is 0 Å². The molecule has 1 atom stereocenters. The molecule has 3 rings (SSSR count). The van der Waals surface area contributed by atoms with Gasteiger partial charge in [-0.2, -0.15) is 0 Å². The van der Waals surface area contributed by atoms with Crippen LogP contribution < -0.4 is 0 Å². The number of benzene rings is 1. The number of nitro benzene ring substituents is 1. The molecule has 0 bridgehead atoms. The van der Waals surface area contributed by atoms with E-state index in [4.69, 9.17) is 11.6 Å². The van der Waals surface area contributed by atoms with E-state index in [1.54, 1.807) is 22.3 Å². The average molecular weight is 337 g/mol. The Labute approximate surface area is 136 Å². The second-order valence-corrected chi connectivity index (χ2v) is 6.48. The van der Waals surface area contributed by atoms with Gasteiger partial charge in [0.15, 0.2) is 0 Å². The minimum atomic E-state index is -0.570. The van der Waals surface area contributed by atoms with Gasteiger partial charge in [0.1, 0.15) is 5.02 Å². The summed E-state index contributed by atoms with van der Waals surface area (Å²) in [5.41, 5.74) is 0.0685. The molecule has 0 spiro atoms. The number of likely N-dealkylation sites (tertiary alicyclic amines) is 1. The van der Waals surface area contributed by atoms with Gasteiger partial charge in [-0.3, -0.25) is 14.9 Å². The van der Waals surface area contributed by atoms with Crippen LogP contribution in [0.3, 0.4) is 0 Å². The van der Waals surface area contributed by atoms with Crippen molar-refractivity contribution in [1.29, 1.82) is 0 Å². The fourth-order valence-corrected chi connectivity index (χ4v) is 3.80. The summed E-state index contributed by atoms with van der Waals surface area (Å²) in [4.78, 5) is 26.0. The van der Waals surface area contributed by atoms with Crippen LogP contribution in [0.1, 0.15) is 34.1 Å². The first-order valence-electron chi connectivity index (χ1n) is 6.86. The highest BCUT2D eigenvalue weighted by molar-refractivity contribution is 7.10. The predicted octanol–water partition coefficient (Wildman–Crippen LogP) is 4.29. The molecule has 1 aliphatic rings. The number of nitro groups is 1. The third-order valence-electron chi connectivity index (χ3n) is 3.78. The number of hydrogen-bond acceptors (Lipinski definition) is 4. The molecule has 0 radical (unpaired) electrons. The van der Waals surface area contributed by atoms with Crippen molar-refractivity contribution < 1.29 is 9.72 Å². The lowest BCUT2D eigenvalue weighted by Gasteiger charge is -2.24. The highest BCUT2D eigenvalue weighted by atomic mass is 35.5. The van der Waals surface area contributed by atoms with Gasteiger partial charge in [-0.15, -0.1) is 11.3 Å². The molecule has 2 heterocycles. The number of rotatable bonds is 3. The van der Waals surface area contributed by atoms with E-state index < -0.39 is 4.92 Å². The Morgan fingerprint density at radius 2 is 2.23 bits per heavy atom. The molecule has 1 amide bonds. The van der Waals surface area contributed by atoms with E-state index in [2.05, 4.69) is 0 Å². The quantitative estimate of drug-likeness (QED) is 0.620. The molecule has 0 unspecified atom stereocenters. The largest absolute Gasteiger partial charge is 0.331 e. The summed E-state index contributed by atoms with van der Waals surface area (Å²) in [7, 11) is 0. The second kappa shape index (κ2) is 6.06. The Balaban J connectivity index is 1.90. The Hall–Kier alpha value is -1.92. The maximum absolute atomic E-state index is 12.7.